The first-order valence-corrected chi connectivity index (χ1v) is 18.9. The maximum Gasteiger partial charge on any atom is 0.306 e. The molecule has 2 N–H and O–H groups in total. The number of carbonyl (C=O) groups excluding carboxylic acids is 3. The molecule has 0 unspecified atom stereocenters. The second-order valence-corrected chi connectivity index (χ2v) is 15.6. The molecule has 4 aromatic rings. The Morgan fingerprint density at radius 1 is 0.904 bits per heavy atom. The second-order valence-electron chi connectivity index (χ2n) is 15.6. The van der Waals surface area contributed by atoms with E-state index in [9.17, 15) is 14.4 Å². The van der Waals surface area contributed by atoms with Crippen LogP contribution in [0.1, 0.15) is 108 Å². The highest BCUT2D eigenvalue weighted by atomic mass is 16.5. The van der Waals surface area contributed by atoms with Gasteiger partial charge in [-0.05, 0) is 85.8 Å². The number of hydrogen-bond acceptors (Lipinski definition) is 6. The van der Waals surface area contributed by atoms with Crippen molar-refractivity contribution in [2.24, 2.45) is 29.6 Å². The van der Waals surface area contributed by atoms with Gasteiger partial charge in [-0.15, -0.1) is 0 Å². The Kier molecular flexibility index (Phi) is 9.97. The third kappa shape index (κ3) is 6.85. The molecule has 7 rings (SSSR count). The second kappa shape index (κ2) is 14.6. The summed E-state index contributed by atoms with van der Waals surface area (Å²) in [5.74, 6) is 8.34. The maximum atomic E-state index is 14.0. The SMILES string of the molecule is COC(=O)C[C@H](C(=O)N1[C@H]2CC[C@H](C2)[C@H]1c1nc2ccc(C#Cc3ccc(-c4cnc([C@@H]5CCCN5C(=O)[C@@H](C)C(C)C)[nH]4)cc3)cc2[nH]1)C(C)C. The van der Waals surface area contributed by atoms with Crippen molar-refractivity contribution in [1.82, 2.24) is 29.7 Å². The van der Waals surface area contributed by atoms with E-state index < -0.39 is 5.92 Å². The van der Waals surface area contributed by atoms with Gasteiger partial charge in [0.2, 0.25) is 11.8 Å². The van der Waals surface area contributed by atoms with Gasteiger partial charge in [0, 0.05) is 29.6 Å². The van der Waals surface area contributed by atoms with Crippen LogP contribution < -0.4 is 0 Å². The van der Waals surface area contributed by atoms with Gasteiger partial charge in [0.15, 0.2) is 0 Å². The lowest BCUT2D eigenvalue weighted by Crippen LogP contribution is -2.45. The average molecular weight is 703 g/mol. The Balaban J connectivity index is 1.05. The van der Waals surface area contributed by atoms with Gasteiger partial charge in [-0.1, -0.05) is 58.6 Å². The van der Waals surface area contributed by atoms with E-state index in [2.05, 4.69) is 35.7 Å². The molecule has 2 amide bonds. The lowest BCUT2D eigenvalue weighted by molar-refractivity contribution is -0.150. The monoisotopic (exact) mass is 702 g/mol. The van der Waals surface area contributed by atoms with Gasteiger partial charge in [-0.25, -0.2) is 9.97 Å². The molecule has 2 saturated heterocycles. The molecule has 2 aliphatic heterocycles. The first-order valence-electron chi connectivity index (χ1n) is 18.9. The predicted octanol–water partition coefficient (Wildman–Crippen LogP) is 7.20. The maximum absolute atomic E-state index is 14.0. The summed E-state index contributed by atoms with van der Waals surface area (Å²) in [4.78, 5) is 60.0. The third-order valence-corrected chi connectivity index (χ3v) is 11.7. The van der Waals surface area contributed by atoms with Gasteiger partial charge in [0.25, 0.3) is 0 Å². The van der Waals surface area contributed by atoms with E-state index in [1.165, 1.54) is 7.11 Å². The Morgan fingerprint density at radius 3 is 2.38 bits per heavy atom. The summed E-state index contributed by atoms with van der Waals surface area (Å²) in [6, 6.07) is 14.1. The van der Waals surface area contributed by atoms with Crippen molar-refractivity contribution >= 4 is 28.8 Å². The molecule has 10 heteroatoms. The normalized spacial score (nSPS) is 22.2. The molecule has 1 saturated carbocycles. The van der Waals surface area contributed by atoms with Gasteiger partial charge in [-0.3, -0.25) is 14.4 Å². The molecule has 0 radical (unpaired) electrons. The smallest absolute Gasteiger partial charge is 0.306 e. The Labute approximate surface area is 306 Å². The minimum atomic E-state index is -0.426. The number of esters is 1. The number of H-pyrrole nitrogens is 2. The van der Waals surface area contributed by atoms with E-state index in [0.717, 1.165) is 83.7 Å². The van der Waals surface area contributed by atoms with Crippen LogP contribution in [0.15, 0.2) is 48.7 Å². The van der Waals surface area contributed by atoms with Crippen molar-refractivity contribution in [3.8, 4) is 23.1 Å². The molecule has 272 valence electrons. The van der Waals surface area contributed by atoms with E-state index in [0.29, 0.717) is 11.8 Å². The highest BCUT2D eigenvalue weighted by Crippen LogP contribution is 2.50. The van der Waals surface area contributed by atoms with Crippen LogP contribution in [0.25, 0.3) is 22.3 Å². The van der Waals surface area contributed by atoms with Crippen LogP contribution in [0, 0.1) is 41.4 Å². The Hall–Kier alpha value is -4.91. The van der Waals surface area contributed by atoms with E-state index >= 15 is 0 Å². The number of rotatable bonds is 9. The molecule has 6 atom stereocenters. The minimum Gasteiger partial charge on any atom is -0.469 e. The fourth-order valence-electron chi connectivity index (χ4n) is 8.36. The number of nitrogens with one attached hydrogen (secondary N) is 2. The molecular formula is C42H50N6O4. The summed E-state index contributed by atoms with van der Waals surface area (Å²) in [6.07, 6.45) is 6.86. The van der Waals surface area contributed by atoms with Gasteiger partial charge >= 0.3 is 5.97 Å². The third-order valence-electron chi connectivity index (χ3n) is 11.7. The number of aromatic nitrogens is 4. The van der Waals surface area contributed by atoms with E-state index in [-0.39, 0.29) is 54.2 Å². The molecule has 3 aliphatic rings. The highest BCUT2D eigenvalue weighted by molar-refractivity contribution is 5.85. The standard InChI is InChI=1S/C42H50N6O4/c1-24(2)26(5)41(50)47-19-7-8-36(47)39-43-23-35(46-39)29-14-11-27(12-15-29)9-10-28-13-18-33-34(20-28)45-40(44-33)38-30-16-17-31(21-30)48(38)42(51)32(25(3)4)22-37(49)52-6/h11-15,18,20,23-26,30-32,36,38H,7-8,16-17,19,21-22H2,1-6H3,(H,43,46)(H,44,45)/t26-,30+,31-,32-,36-,38-/m0/s1. The van der Waals surface area contributed by atoms with Gasteiger partial charge in [0.05, 0.1) is 54.5 Å². The molecule has 2 aromatic carbocycles. The summed E-state index contributed by atoms with van der Waals surface area (Å²) in [6.45, 7) is 11.0. The van der Waals surface area contributed by atoms with Crippen molar-refractivity contribution in [3.05, 3.63) is 71.4 Å². The first-order chi connectivity index (χ1) is 25.0. The number of methoxy groups -OCH3 is 1. The summed E-state index contributed by atoms with van der Waals surface area (Å²) in [5.41, 5.74) is 5.43. The largest absolute Gasteiger partial charge is 0.469 e. The Morgan fingerprint density at radius 2 is 1.65 bits per heavy atom. The molecule has 2 aromatic heterocycles. The number of hydrogen-bond donors (Lipinski definition) is 2. The highest BCUT2D eigenvalue weighted by Gasteiger charge is 2.51. The number of ether oxygens (including phenoxy) is 1. The number of fused-ring (bicyclic) bond motifs is 3. The van der Waals surface area contributed by atoms with Gasteiger partial charge in [-0.2, -0.15) is 0 Å². The summed E-state index contributed by atoms with van der Waals surface area (Å²) in [7, 11) is 1.37. The summed E-state index contributed by atoms with van der Waals surface area (Å²) >= 11 is 0. The van der Waals surface area contributed by atoms with Gasteiger partial charge in [0.1, 0.15) is 11.6 Å². The van der Waals surface area contributed by atoms with E-state index in [1.54, 1.807) is 0 Å². The molecule has 52 heavy (non-hydrogen) atoms. The molecule has 1 aliphatic carbocycles. The van der Waals surface area contributed by atoms with Crippen molar-refractivity contribution in [2.75, 3.05) is 13.7 Å². The number of benzene rings is 2. The van der Waals surface area contributed by atoms with Crippen LogP contribution in [0.5, 0.6) is 0 Å². The molecule has 2 bridgehead atoms. The summed E-state index contributed by atoms with van der Waals surface area (Å²) in [5, 5.41) is 0. The molecular weight excluding hydrogens is 652 g/mol. The number of amides is 2. The predicted molar refractivity (Wildman–Crippen MR) is 199 cm³/mol. The van der Waals surface area contributed by atoms with Crippen LogP contribution in [0.3, 0.4) is 0 Å². The molecule has 10 nitrogen and oxygen atoms in total. The summed E-state index contributed by atoms with van der Waals surface area (Å²) < 4.78 is 4.92. The van der Waals surface area contributed by atoms with Crippen LogP contribution in [0.2, 0.25) is 0 Å². The first kappa shape index (κ1) is 35.5. The van der Waals surface area contributed by atoms with Crippen LogP contribution in [-0.4, -0.2) is 67.2 Å². The lowest BCUT2D eigenvalue weighted by atomic mass is 9.89. The van der Waals surface area contributed by atoms with Crippen molar-refractivity contribution in [2.45, 2.75) is 91.3 Å². The average Bonchev–Trinajstić information content (AvgIpc) is 3.99. The zero-order valence-corrected chi connectivity index (χ0v) is 31.1. The lowest BCUT2D eigenvalue weighted by Gasteiger charge is -2.37. The molecule has 3 fully saturated rings. The topological polar surface area (TPSA) is 124 Å². The number of aromatic amines is 2. The van der Waals surface area contributed by atoms with E-state index in [1.807, 2.05) is 79.2 Å². The minimum absolute atomic E-state index is 0.0123. The van der Waals surface area contributed by atoms with E-state index in [4.69, 9.17) is 14.7 Å². The van der Waals surface area contributed by atoms with Gasteiger partial charge < -0.3 is 24.5 Å². The number of nitrogens with zero attached hydrogens (tertiary/aromatic N) is 4. The Bertz CT molecular complexity index is 2020. The van der Waals surface area contributed by atoms with Crippen molar-refractivity contribution in [3.63, 3.8) is 0 Å². The quantitative estimate of drug-likeness (QED) is 0.141. The number of imidazole rings is 2. The fraction of sp³-hybridized carbons (Fsp3) is 0.500. The number of likely N-dealkylation sites (tertiary alicyclic amines) is 2. The zero-order valence-electron chi connectivity index (χ0n) is 31.1. The van der Waals surface area contributed by atoms with Crippen LogP contribution >= 0.6 is 0 Å². The van der Waals surface area contributed by atoms with Crippen LogP contribution in [-0.2, 0) is 19.1 Å². The van der Waals surface area contributed by atoms with Crippen molar-refractivity contribution in [1.29, 1.82) is 0 Å². The molecule has 4 heterocycles. The number of carbonyl (C=O) groups is 3. The fourth-order valence-corrected chi connectivity index (χ4v) is 8.36. The van der Waals surface area contributed by atoms with Crippen LogP contribution in [0.4, 0.5) is 0 Å². The van der Waals surface area contributed by atoms with Crippen molar-refractivity contribution < 1.29 is 19.1 Å². The number of piperidine rings is 1. The zero-order chi connectivity index (χ0) is 36.7. The molecule has 0 spiro atoms.